The van der Waals surface area contributed by atoms with Gasteiger partial charge < -0.3 is 10.4 Å². The molecule has 0 saturated heterocycles. The number of carboxylic acids is 1. The molecule has 1 amide bonds. The molecule has 15 heavy (non-hydrogen) atoms. The van der Waals surface area contributed by atoms with Crippen molar-refractivity contribution in [3.63, 3.8) is 0 Å². The van der Waals surface area contributed by atoms with E-state index in [4.69, 9.17) is 5.11 Å². The molecule has 0 atom stereocenters. The molecular weight excluding hydrogens is 194 g/mol. The van der Waals surface area contributed by atoms with Gasteiger partial charge in [-0.25, -0.2) is 0 Å². The Morgan fingerprint density at radius 2 is 2.27 bits per heavy atom. The van der Waals surface area contributed by atoms with Crippen LogP contribution in [-0.2, 0) is 4.79 Å². The van der Waals surface area contributed by atoms with Crippen LogP contribution >= 0.6 is 0 Å². The zero-order chi connectivity index (χ0) is 11.3. The van der Waals surface area contributed by atoms with Crippen molar-refractivity contribution in [1.82, 2.24) is 5.32 Å². The van der Waals surface area contributed by atoms with Gasteiger partial charge in [-0.3, -0.25) is 9.59 Å². The van der Waals surface area contributed by atoms with Crippen LogP contribution in [0.2, 0.25) is 0 Å². The van der Waals surface area contributed by atoms with Gasteiger partial charge in [0.25, 0.3) is 5.91 Å². The number of carbonyl (C=O) groups excluding carboxylic acids is 1. The van der Waals surface area contributed by atoms with E-state index in [1.807, 2.05) is 6.92 Å². The summed E-state index contributed by atoms with van der Waals surface area (Å²) >= 11 is 0. The van der Waals surface area contributed by atoms with Crippen molar-refractivity contribution >= 4 is 11.9 Å². The van der Waals surface area contributed by atoms with Gasteiger partial charge in [0.2, 0.25) is 0 Å². The maximum absolute atomic E-state index is 11.5. The molecule has 0 unspecified atom stereocenters. The van der Waals surface area contributed by atoms with Gasteiger partial charge in [-0.2, -0.15) is 0 Å². The normalized spacial score (nSPS) is 9.67. The molecule has 0 fully saturated rings. The number of rotatable bonds is 4. The van der Waals surface area contributed by atoms with E-state index in [9.17, 15) is 9.59 Å². The molecule has 4 heteroatoms. The number of hydrogen-bond donors (Lipinski definition) is 2. The second kappa shape index (κ2) is 5.14. The molecule has 4 nitrogen and oxygen atoms in total. The van der Waals surface area contributed by atoms with E-state index >= 15 is 0 Å². The lowest BCUT2D eigenvalue weighted by atomic mass is 10.1. The van der Waals surface area contributed by atoms with E-state index in [0.717, 1.165) is 5.56 Å². The third-order valence-corrected chi connectivity index (χ3v) is 1.94. The topological polar surface area (TPSA) is 66.4 Å². The standard InChI is InChI=1S/C11H12NO3/c1-8-4-2-3-5-9(8)11(15)12-7-6-10(13)14/h3-5H,6-7H2,1H3,(H,12,15)(H,13,14). The van der Waals surface area contributed by atoms with Crippen LogP contribution in [0.25, 0.3) is 0 Å². The number of benzene rings is 1. The lowest BCUT2D eigenvalue weighted by Gasteiger charge is -2.05. The Morgan fingerprint density at radius 1 is 1.53 bits per heavy atom. The molecule has 0 aliphatic heterocycles. The monoisotopic (exact) mass is 206 g/mol. The van der Waals surface area contributed by atoms with Crippen molar-refractivity contribution in [1.29, 1.82) is 0 Å². The second-order valence-corrected chi connectivity index (χ2v) is 3.14. The summed E-state index contributed by atoms with van der Waals surface area (Å²) in [5.41, 5.74) is 1.38. The molecule has 0 aromatic heterocycles. The third kappa shape index (κ3) is 3.42. The molecule has 1 radical (unpaired) electrons. The molecule has 1 aromatic rings. The van der Waals surface area contributed by atoms with Crippen LogP contribution in [-0.4, -0.2) is 23.5 Å². The van der Waals surface area contributed by atoms with Crippen LogP contribution < -0.4 is 5.32 Å². The molecule has 0 bridgehead atoms. The van der Waals surface area contributed by atoms with E-state index in [1.54, 1.807) is 18.2 Å². The predicted octanol–water partition coefficient (Wildman–Crippen LogP) is 1.000. The minimum absolute atomic E-state index is 0.0657. The van der Waals surface area contributed by atoms with E-state index in [1.165, 1.54) is 0 Å². The fourth-order valence-electron chi connectivity index (χ4n) is 1.15. The summed E-state index contributed by atoms with van der Waals surface area (Å²) in [6.07, 6.45) is -0.0657. The molecule has 1 aromatic carbocycles. The van der Waals surface area contributed by atoms with Gasteiger partial charge in [0.15, 0.2) is 0 Å². The van der Waals surface area contributed by atoms with Gasteiger partial charge in [-0.1, -0.05) is 12.1 Å². The first-order valence-electron chi connectivity index (χ1n) is 4.58. The van der Waals surface area contributed by atoms with Crippen LogP contribution in [0, 0.1) is 13.0 Å². The average Bonchev–Trinajstić information content (AvgIpc) is 2.17. The number of hydrogen-bond acceptors (Lipinski definition) is 2. The largest absolute Gasteiger partial charge is 0.481 e. The summed E-state index contributed by atoms with van der Waals surface area (Å²) in [5, 5.41) is 10.9. The van der Waals surface area contributed by atoms with Crippen molar-refractivity contribution in [2.24, 2.45) is 0 Å². The fourth-order valence-corrected chi connectivity index (χ4v) is 1.15. The highest BCUT2D eigenvalue weighted by Crippen LogP contribution is 2.05. The Hall–Kier alpha value is -1.84. The van der Waals surface area contributed by atoms with Crippen LogP contribution in [0.1, 0.15) is 22.3 Å². The maximum Gasteiger partial charge on any atom is 0.305 e. The molecule has 0 heterocycles. The highest BCUT2D eigenvalue weighted by molar-refractivity contribution is 5.95. The quantitative estimate of drug-likeness (QED) is 0.772. The number of carbonyl (C=O) groups is 2. The Morgan fingerprint density at radius 3 is 2.87 bits per heavy atom. The smallest absolute Gasteiger partial charge is 0.305 e. The summed E-state index contributed by atoms with van der Waals surface area (Å²) in [6, 6.07) is 7.88. The molecular formula is C11H12NO3. The minimum Gasteiger partial charge on any atom is -0.481 e. The lowest BCUT2D eigenvalue weighted by molar-refractivity contribution is -0.136. The van der Waals surface area contributed by atoms with E-state index in [2.05, 4.69) is 11.4 Å². The summed E-state index contributed by atoms with van der Waals surface area (Å²) in [4.78, 5) is 21.8. The van der Waals surface area contributed by atoms with Gasteiger partial charge in [0.05, 0.1) is 6.42 Å². The Balaban J connectivity index is 2.54. The van der Waals surface area contributed by atoms with Crippen molar-refractivity contribution < 1.29 is 14.7 Å². The zero-order valence-corrected chi connectivity index (χ0v) is 8.41. The Bertz CT molecular complexity index is 374. The molecule has 0 spiro atoms. The first kappa shape index (κ1) is 11.2. The third-order valence-electron chi connectivity index (χ3n) is 1.94. The second-order valence-electron chi connectivity index (χ2n) is 3.14. The summed E-state index contributed by atoms with van der Waals surface area (Å²) in [7, 11) is 0. The van der Waals surface area contributed by atoms with Gasteiger partial charge in [0.1, 0.15) is 0 Å². The van der Waals surface area contributed by atoms with E-state index in [-0.39, 0.29) is 18.9 Å². The summed E-state index contributed by atoms with van der Waals surface area (Å²) < 4.78 is 0. The highest BCUT2D eigenvalue weighted by Gasteiger charge is 2.07. The zero-order valence-electron chi connectivity index (χ0n) is 8.41. The van der Waals surface area contributed by atoms with Gasteiger partial charge in [-0.15, -0.1) is 0 Å². The SMILES string of the molecule is Cc1c[c]ccc1C(=O)NCCC(=O)O. The molecule has 0 aliphatic carbocycles. The van der Waals surface area contributed by atoms with Crippen molar-refractivity contribution in [3.05, 3.63) is 35.4 Å². The predicted molar refractivity (Wildman–Crippen MR) is 54.6 cm³/mol. The summed E-state index contributed by atoms with van der Waals surface area (Å²) in [5.74, 6) is -1.17. The lowest BCUT2D eigenvalue weighted by Crippen LogP contribution is -2.26. The average molecular weight is 206 g/mol. The van der Waals surface area contributed by atoms with Crippen molar-refractivity contribution in [3.8, 4) is 0 Å². The Kier molecular flexibility index (Phi) is 3.85. The maximum atomic E-state index is 11.5. The number of nitrogens with one attached hydrogen (secondary N) is 1. The number of aliphatic carboxylic acids is 1. The summed E-state index contributed by atoms with van der Waals surface area (Å²) in [6.45, 7) is 1.95. The number of carboxylic acid groups (broad SMARTS) is 1. The van der Waals surface area contributed by atoms with Crippen molar-refractivity contribution in [2.75, 3.05) is 6.54 Å². The molecule has 0 aliphatic rings. The fraction of sp³-hybridized carbons (Fsp3) is 0.273. The van der Waals surface area contributed by atoms with Crippen LogP contribution in [0.3, 0.4) is 0 Å². The van der Waals surface area contributed by atoms with Crippen LogP contribution in [0.5, 0.6) is 0 Å². The van der Waals surface area contributed by atoms with Gasteiger partial charge >= 0.3 is 5.97 Å². The van der Waals surface area contributed by atoms with Crippen LogP contribution in [0.15, 0.2) is 18.2 Å². The molecule has 79 valence electrons. The van der Waals surface area contributed by atoms with Crippen LogP contribution in [0.4, 0.5) is 0 Å². The highest BCUT2D eigenvalue weighted by atomic mass is 16.4. The minimum atomic E-state index is -0.923. The first-order chi connectivity index (χ1) is 7.11. The number of amides is 1. The molecule has 1 rings (SSSR count). The first-order valence-corrected chi connectivity index (χ1v) is 4.58. The van der Waals surface area contributed by atoms with Crippen molar-refractivity contribution in [2.45, 2.75) is 13.3 Å². The molecule has 0 saturated carbocycles. The van der Waals surface area contributed by atoms with E-state index in [0.29, 0.717) is 5.56 Å². The number of aryl methyl sites for hydroxylation is 1. The van der Waals surface area contributed by atoms with E-state index < -0.39 is 5.97 Å². The Labute approximate surface area is 87.9 Å². The van der Waals surface area contributed by atoms with Gasteiger partial charge in [-0.05, 0) is 24.6 Å². The van der Waals surface area contributed by atoms with Gasteiger partial charge in [0, 0.05) is 12.1 Å². The molecule has 2 N–H and O–H groups in total.